The van der Waals surface area contributed by atoms with Gasteiger partial charge in [-0.05, 0) is 50.7 Å². The fraction of sp³-hybridized carbons (Fsp3) is 0.625. The highest BCUT2D eigenvalue weighted by molar-refractivity contribution is 14.0. The Kier molecular flexibility index (Phi) is 9.38. The molecule has 22 heavy (non-hydrogen) atoms. The molecule has 0 atom stereocenters. The van der Waals surface area contributed by atoms with Crippen molar-refractivity contribution in [1.29, 1.82) is 0 Å². The highest BCUT2D eigenvalue weighted by atomic mass is 127. The number of aromatic nitrogens is 1. The van der Waals surface area contributed by atoms with Crippen LogP contribution in [-0.2, 0) is 6.42 Å². The second-order valence-electron chi connectivity index (χ2n) is 5.52. The lowest BCUT2D eigenvalue weighted by atomic mass is 9.93. The molecular weight excluding hydrogens is 391 g/mol. The van der Waals surface area contributed by atoms with Gasteiger partial charge in [-0.1, -0.05) is 6.07 Å². The van der Waals surface area contributed by atoms with E-state index in [1.807, 2.05) is 12.3 Å². The van der Waals surface area contributed by atoms with Gasteiger partial charge >= 0.3 is 0 Å². The number of guanidine groups is 1. The Hall–Kier alpha value is -0.890. The van der Waals surface area contributed by atoms with Gasteiger partial charge in [0.2, 0.25) is 0 Å². The molecule has 0 saturated heterocycles. The second kappa shape index (κ2) is 10.8. The lowest BCUT2D eigenvalue weighted by molar-refractivity contribution is 0.120. The zero-order valence-electron chi connectivity index (χ0n) is 13.2. The van der Waals surface area contributed by atoms with E-state index in [9.17, 15) is 5.11 Å². The molecule has 2 rings (SSSR count). The quantitative estimate of drug-likeness (QED) is 0.389. The minimum atomic E-state index is -0.117. The molecule has 0 amide bonds. The Morgan fingerprint density at radius 2 is 2.14 bits per heavy atom. The summed E-state index contributed by atoms with van der Waals surface area (Å²) in [6.07, 6.45) is 8.23. The van der Waals surface area contributed by atoms with Crippen molar-refractivity contribution < 1.29 is 5.11 Å². The van der Waals surface area contributed by atoms with Gasteiger partial charge in [0.15, 0.2) is 5.96 Å². The van der Waals surface area contributed by atoms with Gasteiger partial charge in [0.1, 0.15) is 0 Å². The number of halogens is 1. The van der Waals surface area contributed by atoms with Crippen LogP contribution in [0.1, 0.15) is 38.2 Å². The molecule has 0 aromatic carbocycles. The number of aliphatic hydroxyl groups is 1. The molecule has 3 N–H and O–H groups in total. The van der Waals surface area contributed by atoms with E-state index in [0.29, 0.717) is 6.04 Å². The number of rotatable bonds is 5. The Labute approximate surface area is 150 Å². The first-order valence-electron chi connectivity index (χ1n) is 7.89. The lowest BCUT2D eigenvalue weighted by Gasteiger charge is -2.27. The SMILES string of the molecule is CCNC(=NCCc1cccnc1)NC1CCC(O)CC1.I. The van der Waals surface area contributed by atoms with Crippen LogP contribution in [0, 0.1) is 0 Å². The minimum absolute atomic E-state index is 0. The van der Waals surface area contributed by atoms with Crippen LogP contribution in [0.2, 0.25) is 0 Å². The third-order valence-corrected chi connectivity index (χ3v) is 3.77. The molecule has 6 heteroatoms. The van der Waals surface area contributed by atoms with E-state index >= 15 is 0 Å². The number of hydrogen-bond donors (Lipinski definition) is 3. The molecule has 0 radical (unpaired) electrons. The molecule has 0 unspecified atom stereocenters. The second-order valence-corrected chi connectivity index (χ2v) is 5.52. The van der Waals surface area contributed by atoms with Crippen molar-refractivity contribution in [1.82, 2.24) is 15.6 Å². The largest absolute Gasteiger partial charge is 0.393 e. The van der Waals surface area contributed by atoms with Crippen LogP contribution in [0.4, 0.5) is 0 Å². The van der Waals surface area contributed by atoms with Crippen molar-refractivity contribution in [3.8, 4) is 0 Å². The topological polar surface area (TPSA) is 69.5 Å². The van der Waals surface area contributed by atoms with Gasteiger partial charge < -0.3 is 15.7 Å². The standard InChI is InChI=1S/C16H26N4O.HI/c1-2-18-16(20-14-5-7-15(21)8-6-14)19-11-9-13-4-3-10-17-12-13;/h3-4,10,12,14-15,21H,2,5-9,11H2,1H3,(H2,18,19,20);1H. The first kappa shape index (κ1) is 19.2. The maximum atomic E-state index is 9.55. The normalized spacial score (nSPS) is 21.8. The molecule has 1 aliphatic rings. The van der Waals surface area contributed by atoms with E-state index in [4.69, 9.17) is 0 Å². The fourth-order valence-electron chi connectivity index (χ4n) is 2.58. The van der Waals surface area contributed by atoms with Crippen molar-refractivity contribution in [3.05, 3.63) is 30.1 Å². The van der Waals surface area contributed by atoms with E-state index < -0.39 is 0 Å². The predicted octanol–water partition coefficient (Wildman–Crippen LogP) is 2.10. The van der Waals surface area contributed by atoms with Crippen molar-refractivity contribution in [2.24, 2.45) is 4.99 Å². The molecular formula is C16H27IN4O. The molecule has 0 bridgehead atoms. The molecule has 0 aliphatic heterocycles. The summed E-state index contributed by atoms with van der Waals surface area (Å²) >= 11 is 0. The summed E-state index contributed by atoms with van der Waals surface area (Å²) in [5, 5.41) is 16.3. The van der Waals surface area contributed by atoms with Crippen LogP contribution in [0.5, 0.6) is 0 Å². The fourth-order valence-corrected chi connectivity index (χ4v) is 2.58. The number of nitrogens with zero attached hydrogens (tertiary/aromatic N) is 2. The Morgan fingerprint density at radius 3 is 2.77 bits per heavy atom. The monoisotopic (exact) mass is 418 g/mol. The van der Waals surface area contributed by atoms with E-state index in [2.05, 4.69) is 33.6 Å². The zero-order valence-corrected chi connectivity index (χ0v) is 15.5. The average molecular weight is 418 g/mol. The van der Waals surface area contributed by atoms with Gasteiger partial charge in [0.05, 0.1) is 6.10 Å². The van der Waals surface area contributed by atoms with Crippen LogP contribution in [0.15, 0.2) is 29.5 Å². The summed E-state index contributed by atoms with van der Waals surface area (Å²) in [6.45, 7) is 3.67. The van der Waals surface area contributed by atoms with Crippen LogP contribution in [0.3, 0.4) is 0 Å². The maximum Gasteiger partial charge on any atom is 0.191 e. The highest BCUT2D eigenvalue weighted by Gasteiger charge is 2.19. The molecule has 1 fully saturated rings. The minimum Gasteiger partial charge on any atom is -0.393 e. The van der Waals surface area contributed by atoms with Crippen molar-refractivity contribution in [3.63, 3.8) is 0 Å². The van der Waals surface area contributed by atoms with Gasteiger partial charge in [-0.15, -0.1) is 24.0 Å². The van der Waals surface area contributed by atoms with Gasteiger partial charge in [-0.3, -0.25) is 9.98 Å². The predicted molar refractivity (Wildman–Crippen MR) is 101 cm³/mol. The number of hydrogen-bond acceptors (Lipinski definition) is 3. The lowest BCUT2D eigenvalue weighted by Crippen LogP contribution is -2.45. The number of pyridine rings is 1. The smallest absolute Gasteiger partial charge is 0.191 e. The zero-order chi connectivity index (χ0) is 14.9. The maximum absolute atomic E-state index is 9.55. The van der Waals surface area contributed by atoms with Crippen LogP contribution in [-0.4, -0.2) is 41.3 Å². The molecule has 1 aliphatic carbocycles. The average Bonchev–Trinajstić information content (AvgIpc) is 2.51. The van der Waals surface area contributed by atoms with E-state index in [0.717, 1.165) is 51.2 Å². The summed E-state index contributed by atoms with van der Waals surface area (Å²) in [7, 11) is 0. The van der Waals surface area contributed by atoms with Gasteiger partial charge in [-0.25, -0.2) is 0 Å². The number of aliphatic imine (C=N–C) groups is 1. The molecule has 1 saturated carbocycles. The molecule has 5 nitrogen and oxygen atoms in total. The number of nitrogens with one attached hydrogen (secondary N) is 2. The molecule has 0 spiro atoms. The van der Waals surface area contributed by atoms with Gasteiger partial charge in [0.25, 0.3) is 0 Å². The Bertz CT molecular complexity index is 433. The number of aliphatic hydroxyl groups excluding tert-OH is 1. The molecule has 1 aromatic heterocycles. The first-order chi connectivity index (χ1) is 10.3. The first-order valence-corrected chi connectivity index (χ1v) is 7.89. The molecule has 1 heterocycles. The van der Waals surface area contributed by atoms with Crippen LogP contribution in [0.25, 0.3) is 0 Å². The Balaban J connectivity index is 0.00000242. The highest BCUT2D eigenvalue weighted by Crippen LogP contribution is 2.18. The third-order valence-electron chi connectivity index (χ3n) is 3.77. The third kappa shape index (κ3) is 6.91. The molecule has 1 aromatic rings. The van der Waals surface area contributed by atoms with E-state index in [-0.39, 0.29) is 30.1 Å². The van der Waals surface area contributed by atoms with Gasteiger partial charge in [-0.2, -0.15) is 0 Å². The van der Waals surface area contributed by atoms with E-state index in [1.54, 1.807) is 6.20 Å². The molecule has 124 valence electrons. The summed E-state index contributed by atoms with van der Waals surface area (Å²) in [5.41, 5.74) is 1.21. The van der Waals surface area contributed by atoms with Crippen molar-refractivity contribution in [2.45, 2.75) is 51.2 Å². The van der Waals surface area contributed by atoms with Gasteiger partial charge in [0, 0.05) is 31.5 Å². The summed E-state index contributed by atoms with van der Waals surface area (Å²) in [5.74, 6) is 0.878. The van der Waals surface area contributed by atoms with Crippen molar-refractivity contribution in [2.75, 3.05) is 13.1 Å². The van der Waals surface area contributed by atoms with Crippen LogP contribution >= 0.6 is 24.0 Å². The van der Waals surface area contributed by atoms with E-state index in [1.165, 1.54) is 5.56 Å². The van der Waals surface area contributed by atoms with Crippen LogP contribution < -0.4 is 10.6 Å². The summed E-state index contributed by atoms with van der Waals surface area (Å²) in [4.78, 5) is 8.74. The Morgan fingerprint density at radius 1 is 1.36 bits per heavy atom. The van der Waals surface area contributed by atoms with Crippen molar-refractivity contribution >= 4 is 29.9 Å². The summed E-state index contributed by atoms with van der Waals surface area (Å²) in [6, 6.07) is 4.45. The summed E-state index contributed by atoms with van der Waals surface area (Å²) < 4.78 is 0.